The topological polar surface area (TPSA) is 66.5 Å². The lowest BCUT2D eigenvalue weighted by Gasteiger charge is -2.37. The molecule has 0 radical (unpaired) electrons. The molecule has 2 saturated carbocycles. The highest BCUT2D eigenvalue weighted by molar-refractivity contribution is 6.31. The molecule has 6 atom stereocenters. The van der Waals surface area contributed by atoms with Gasteiger partial charge in [-0.05, 0) is 54.7 Å². The number of rotatable bonds is 3. The van der Waals surface area contributed by atoms with Gasteiger partial charge < -0.3 is 5.32 Å². The SMILES string of the molecule is Cc1ccc(Cl)cc1NC(=O)CN1C(=O)[C@@H]2[C@H]3C=C[C@@H]([C@@H]4C[C@@H]34)[C@H]2C1=O. The van der Waals surface area contributed by atoms with Crippen molar-refractivity contribution in [1.82, 2.24) is 4.90 Å². The van der Waals surface area contributed by atoms with Crippen LogP contribution in [0.3, 0.4) is 0 Å². The second-order valence-corrected chi connectivity index (χ2v) is 8.36. The summed E-state index contributed by atoms with van der Waals surface area (Å²) >= 11 is 5.98. The van der Waals surface area contributed by atoms with Gasteiger partial charge >= 0.3 is 0 Å². The predicted octanol–water partition coefficient (Wildman–Crippen LogP) is 2.64. The van der Waals surface area contributed by atoms with Crippen molar-refractivity contribution in [3.8, 4) is 0 Å². The van der Waals surface area contributed by atoms with E-state index >= 15 is 0 Å². The second kappa shape index (κ2) is 5.43. The van der Waals surface area contributed by atoms with Crippen LogP contribution < -0.4 is 5.32 Å². The Labute approximate surface area is 156 Å². The van der Waals surface area contributed by atoms with Crippen molar-refractivity contribution in [3.63, 3.8) is 0 Å². The summed E-state index contributed by atoms with van der Waals surface area (Å²) in [6, 6.07) is 5.23. The minimum absolute atomic E-state index is 0.176. The van der Waals surface area contributed by atoms with E-state index in [1.807, 2.05) is 13.0 Å². The minimum Gasteiger partial charge on any atom is -0.324 e. The lowest BCUT2D eigenvalue weighted by atomic mass is 9.63. The van der Waals surface area contributed by atoms with E-state index in [1.54, 1.807) is 12.1 Å². The summed E-state index contributed by atoms with van der Waals surface area (Å²) in [7, 11) is 0. The van der Waals surface area contributed by atoms with Crippen molar-refractivity contribution in [3.05, 3.63) is 40.9 Å². The highest BCUT2D eigenvalue weighted by Crippen LogP contribution is 2.65. The van der Waals surface area contributed by atoms with Crippen LogP contribution in [0.2, 0.25) is 5.02 Å². The minimum atomic E-state index is -0.374. The number of anilines is 1. The van der Waals surface area contributed by atoms with Crippen molar-refractivity contribution in [2.24, 2.45) is 35.5 Å². The maximum absolute atomic E-state index is 12.9. The van der Waals surface area contributed by atoms with Crippen LogP contribution in [-0.2, 0) is 14.4 Å². The molecule has 26 heavy (non-hydrogen) atoms. The van der Waals surface area contributed by atoms with Crippen LogP contribution in [-0.4, -0.2) is 29.2 Å². The number of benzene rings is 1. The monoisotopic (exact) mass is 370 g/mol. The third kappa shape index (κ3) is 2.19. The highest BCUT2D eigenvalue weighted by Gasteiger charge is 2.67. The summed E-state index contributed by atoms with van der Waals surface area (Å²) in [4.78, 5) is 39.4. The summed E-state index contributed by atoms with van der Waals surface area (Å²) in [5, 5.41) is 3.29. The summed E-state index contributed by atoms with van der Waals surface area (Å²) in [6.07, 6.45) is 5.39. The Balaban J connectivity index is 1.34. The number of imide groups is 1. The quantitative estimate of drug-likeness (QED) is 0.657. The van der Waals surface area contributed by atoms with Crippen molar-refractivity contribution in [1.29, 1.82) is 0 Å². The van der Waals surface area contributed by atoms with Crippen molar-refractivity contribution in [2.45, 2.75) is 13.3 Å². The molecule has 6 heteroatoms. The summed E-state index contributed by atoms with van der Waals surface area (Å²) in [5.74, 6) is 0.219. The van der Waals surface area contributed by atoms with Crippen LogP contribution in [0.4, 0.5) is 5.69 Å². The molecule has 3 amide bonds. The molecule has 1 heterocycles. The molecule has 1 aliphatic heterocycles. The molecule has 0 spiro atoms. The lowest BCUT2D eigenvalue weighted by Crippen LogP contribution is -2.40. The fourth-order valence-corrected chi connectivity index (χ4v) is 5.41. The third-order valence-electron chi connectivity index (χ3n) is 6.53. The van der Waals surface area contributed by atoms with Gasteiger partial charge in [-0.1, -0.05) is 29.8 Å². The van der Waals surface area contributed by atoms with E-state index in [0.29, 0.717) is 22.5 Å². The molecule has 4 aliphatic carbocycles. The van der Waals surface area contributed by atoms with Gasteiger partial charge in [0.25, 0.3) is 0 Å². The first-order chi connectivity index (χ1) is 12.5. The van der Waals surface area contributed by atoms with Crippen LogP contribution in [0.15, 0.2) is 30.4 Å². The lowest BCUT2D eigenvalue weighted by molar-refractivity contribution is -0.142. The normalized spacial score (nSPS) is 36.2. The van der Waals surface area contributed by atoms with E-state index in [1.165, 1.54) is 4.90 Å². The maximum Gasteiger partial charge on any atom is 0.244 e. The predicted molar refractivity (Wildman–Crippen MR) is 96.2 cm³/mol. The first kappa shape index (κ1) is 16.1. The maximum atomic E-state index is 12.9. The zero-order chi connectivity index (χ0) is 18.2. The number of aryl methyl sites for hydroxylation is 1. The number of allylic oxidation sites excluding steroid dienone is 2. The largest absolute Gasteiger partial charge is 0.324 e. The second-order valence-electron chi connectivity index (χ2n) is 7.92. The van der Waals surface area contributed by atoms with Crippen LogP contribution >= 0.6 is 11.6 Å². The Morgan fingerprint density at radius 1 is 1.15 bits per heavy atom. The Hall–Kier alpha value is -2.14. The number of likely N-dealkylation sites (tertiary alicyclic amines) is 1. The van der Waals surface area contributed by atoms with Gasteiger partial charge in [0.2, 0.25) is 17.7 Å². The number of hydrogen-bond donors (Lipinski definition) is 1. The Kier molecular flexibility index (Phi) is 3.35. The number of amides is 3. The molecule has 5 aliphatic rings. The van der Waals surface area contributed by atoms with Gasteiger partial charge in [-0.2, -0.15) is 0 Å². The van der Waals surface area contributed by atoms with E-state index in [9.17, 15) is 14.4 Å². The average Bonchev–Trinajstić information content (AvgIpc) is 3.39. The molecule has 1 N–H and O–H groups in total. The Morgan fingerprint density at radius 2 is 1.77 bits per heavy atom. The number of hydrogen-bond acceptors (Lipinski definition) is 3. The van der Waals surface area contributed by atoms with Gasteiger partial charge in [0, 0.05) is 10.7 Å². The van der Waals surface area contributed by atoms with E-state index < -0.39 is 0 Å². The van der Waals surface area contributed by atoms with Crippen molar-refractivity contribution < 1.29 is 14.4 Å². The Morgan fingerprint density at radius 3 is 2.38 bits per heavy atom. The molecule has 6 rings (SSSR count). The van der Waals surface area contributed by atoms with Crippen molar-refractivity contribution in [2.75, 3.05) is 11.9 Å². The smallest absolute Gasteiger partial charge is 0.244 e. The van der Waals surface area contributed by atoms with Gasteiger partial charge in [-0.25, -0.2) is 0 Å². The molecular formula is C20H19ClN2O3. The summed E-state index contributed by atoms with van der Waals surface area (Å²) in [5.41, 5.74) is 1.47. The molecule has 3 fully saturated rings. The number of nitrogens with zero attached hydrogens (tertiary/aromatic N) is 1. The number of nitrogens with one attached hydrogen (secondary N) is 1. The highest BCUT2D eigenvalue weighted by atomic mass is 35.5. The fraction of sp³-hybridized carbons (Fsp3) is 0.450. The molecular weight excluding hydrogens is 352 g/mol. The van der Waals surface area contributed by atoms with Gasteiger partial charge in [0.15, 0.2) is 0 Å². The van der Waals surface area contributed by atoms with Gasteiger partial charge in [0.1, 0.15) is 6.54 Å². The zero-order valence-electron chi connectivity index (χ0n) is 14.3. The van der Waals surface area contributed by atoms with Crippen LogP contribution in [0.5, 0.6) is 0 Å². The number of carbonyl (C=O) groups is 3. The molecule has 2 bridgehead atoms. The average molecular weight is 371 g/mol. The number of halogens is 1. The van der Waals surface area contributed by atoms with Gasteiger partial charge in [-0.15, -0.1) is 0 Å². The van der Waals surface area contributed by atoms with Crippen LogP contribution in [0.1, 0.15) is 12.0 Å². The summed E-state index contributed by atoms with van der Waals surface area (Å²) in [6.45, 7) is 1.63. The van der Waals surface area contributed by atoms with Gasteiger partial charge in [0.05, 0.1) is 11.8 Å². The molecule has 134 valence electrons. The molecule has 1 saturated heterocycles. The van der Waals surface area contributed by atoms with E-state index in [0.717, 1.165) is 12.0 Å². The van der Waals surface area contributed by atoms with E-state index in [-0.39, 0.29) is 47.9 Å². The summed E-state index contributed by atoms with van der Waals surface area (Å²) < 4.78 is 0. The third-order valence-corrected chi connectivity index (χ3v) is 6.76. The molecule has 5 nitrogen and oxygen atoms in total. The number of carbonyl (C=O) groups excluding carboxylic acids is 3. The van der Waals surface area contributed by atoms with Gasteiger partial charge in [-0.3, -0.25) is 19.3 Å². The van der Waals surface area contributed by atoms with Crippen molar-refractivity contribution >= 4 is 35.0 Å². The van der Waals surface area contributed by atoms with Crippen LogP contribution in [0.25, 0.3) is 0 Å². The fourth-order valence-electron chi connectivity index (χ4n) is 5.24. The standard InChI is InChI=1S/C20H19ClN2O3/c1-9-2-3-10(21)6-15(9)22-16(24)8-23-19(25)17-11-4-5-12(14-7-13(11)14)18(17)20(23)26/h2-6,11-14,17-18H,7-8H2,1H3,(H,22,24)/t11-,12-,13-,14-,17+,18+/m0/s1. The van der Waals surface area contributed by atoms with Crippen LogP contribution in [0, 0.1) is 42.4 Å². The zero-order valence-corrected chi connectivity index (χ0v) is 15.1. The molecule has 1 aromatic rings. The first-order valence-electron chi connectivity index (χ1n) is 9.05. The molecule has 1 aromatic carbocycles. The first-order valence-corrected chi connectivity index (χ1v) is 9.43. The molecule has 0 unspecified atom stereocenters. The Bertz CT molecular complexity index is 844. The van der Waals surface area contributed by atoms with E-state index in [4.69, 9.17) is 11.6 Å². The van der Waals surface area contributed by atoms with E-state index in [2.05, 4.69) is 17.5 Å². The molecule has 0 aromatic heterocycles.